The zero-order valence-corrected chi connectivity index (χ0v) is 14.6. The van der Waals surface area contributed by atoms with Gasteiger partial charge >= 0.3 is 5.97 Å². The second-order valence-electron chi connectivity index (χ2n) is 4.93. The van der Waals surface area contributed by atoms with E-state index in [1.165, 1.54) is 0 Å². The van der Waals surface area contributed by atoms with Crippen LogP contribution in [0.2, 0.25) is 0 Å². The van der Waals surface area contributed by atoms with Gasteiger partial charge in [0.15, 0.2) is 5.37 Å². The molecular formula is C13H18BrN3O4S. The van der Waals surface area contributed by atoms with Crippen molar-refractivity contribution in [3.05, 3.63) is 28.7 Å². The van der Waals surface area contributed by atoms with Gasteiger partial charge in [0, 0.05) is 16.2 Å². The standard InChI is InChI=1S/C13H18BrN3O4S/c1-3-21-13(18)11-8(2)15-16-12(11)22(19,20)17-10-6-4-9(14)5-7-10/h4-8,11-12,15-17H,3H2,1-2H3. The molecule has 1 aromatic rings. The fourth-order valence-electron chi connectivity index (χ4n) is 2.24. The van der Waals surface area contributed by atoms with Crippen molar-refractivity contribution in [2.45, 2.75) is 25.3 Å². The van der Waals surface area contributed by atoms with E-state index in [2.05, 4.69) is 31.5 Å². The number of hydrazine groups is 1. The third-order valence-electron chi connectivity index (χ3n) is 3.32. The summed E-state index contributed by atoms with van der Waals surface area (Å²) >= 11 is 3.28. The molecule has 9 heteroatoms. The molecule has 3 atom stereocenters. The Morgan fingerprint density at radius 1 is 1.32 bits per heavy atom. The number of hydrogen-bond donors (Lipinski definition) is 3. The van der Waals surface area contributed by atoms with Gasteiger partial charge in [0.2, 0.25) is 0 Å². The monoisotopic (exact) mass is 391 g/mol. The maximum Gasteiger partial charge on any atom is 0.313 e. The third kappa shape index (κ3) is 3.78. The first-order chi connectivity index (χ1) is 10.3. The van der Waals surface area contributed by atoms with E-state index in [0.29, 0.717) is 5.69 Å². The van der Waals surface area contributed by atoms with Gasteiger partial charge in [0.05, 0.1) is 6.61 Å². The summed E-state index contributed by atoms with van der Waals surface area (Å²) in [6, 6.07) is 6.36. The van der Waals surface area contributed by atoms with E-state index in [1.54, 1.807) is 38.1 Å². The van der Waals surface area contributed by atoms with Gasteiger partial charge in [-0.25, -0.2) is 13.8 Å². The van der Waals surface area contributed by atoms with Gasteiger partial charge in [-0.3, -0.25) is 14.9 Å². The molecular weight excluding hydrogens is 374 g/mol. The molecule has 1 saturated heterocycles. The Balaban J connectivity index is 2.20. The van der Waals surface area contributed by atoms with Crippen LogP contribution < -0.4 is 15.6 Å². The Labute approximate surface area is 138 Å². The highest BCUT2D eigenvalue weighted by atomic mass is 79.9. The summed E-state index contributed by atoms with van der Waals surface area (Å²) in [4.78, 5) is 12.0. The summed E-state index contributed by atoms with van der Waals surface area (Å²) in [5.41, 5.74) is 5.86. The van der Waals surface area contributed by atoms with E-state index < -0.39 is 27.3 Å². The van der Waals surface area contributed by atoms with E-state index in [1.807, 2.05) is 0 Å². The second-order valence-corrected chi connectivity index (χ2v) is 7.65. The number of ether oxygens (including phenoxy) is 1. The Morgan fingerprint density at radius 2 is 1.95 bits per heavy atom. The van der Waals surface area contributed by atoms with Crippen LogP contribution in [0.25, 0.3) is 0 Å². The van der Waals surface area contributed by atoms with Crippen molar-refractivity contribution in [2.24, 2.45) is 5.92 Å². The Bertz CT molecular complexity index is 635. The summed E-state index contributed by atoms with van der Waals surface area (Å²) in [7, 11) is -3.81. The number of rotatable bonds is 5. The fraction of sp³-hybridized carbons (Fsp3) is 0.462. The second kappa shape index (κ2) is 6.95. The molecule has 1 heterocycles. The average Bonchev–Trinajstić information content (AvgIpc) is 2.84. The minimum atomic E-state index is -3.81. The SMILES string of the molecule is CCOC(=O)C1C(C)NNC1S(=O)(=O)Nc1ccc(Br)cc1. The van der Waals surface area contributed by atoms with Crippen LogP contribution in [0, 0.1) is 5.92 Å². The molecule has 2 rings (SSSR count). The molecule has 0 saturated carbocycles. The molecule has 0 amide bonds. The van der Waals surface area contributed by atoms with Crippen LogP contribution in [0.1, 0.15) is 13.8 Å². The van der Waals surface area contributed by atoms with E-state index in [0.717, 1.165) is 4.47 Å². The molecule has 0 aromatic heterocycles. The summed E-state index contributed by atoms with van der Waals surface area (Å²) in [5, 5.41) is -1.11. The normalized spacial score (nSPS) is 25.0. The lowest BCUT2D eigenvalue weighted by molar-refractivity contribution is -0.148. The molecule has 22 heavy (non-hydrogen) atoms. The third-order valence-corrected chi connectivity index (χ3v) is 5.44. The van der Waals surface area contributed by atoms with Gasteiger partial charge in [-0.1, -0.05) is 15.9 Å². The largest absolute Gasteiger partial charge is 0.466 e. The highest BCUT2D eigenvalue weighted by Gasteiger charge is 2.46. The Hall–Kier alpha value is -1.16. The van der Waals surface area contributed by atoms with Crippen molar-refractivity contribution < 1.29 is 17.9 Å². The lowest BCUT2D eigenvalue weighted by Gasteiger charge is -2.20. The first-order valence-corrected chi connectivity index (χ1v) is 9.14. The summed E-state index contributed by atoms with van der Waals surface area (Å²) in [6.45, 7) is 3.61. The summed E-state index contributed by atoms with van der Waals surface area (Å²) in [6.07, 6.45) is 0. The molecule has 0 aliphatic carbocycles. The van der Waals surface area contributed by atoms with E-state index in [9.17, 15) is 13.2 Å². The molecule has 0 bridgehead atoms. The molecule has 1 aromatic carbocycles. The van der Waals surface area contributed by atoms with Crippen LogP contribution in [0.5, 0.6) is 0 Å². The van der Waals surface area contributed by atoms with Crippen molar-refractivity contribution in [3.8, 4) is 0 Å². The van der Waals surface area contributed by atoms with Crippen LogP contribution in [-0.4, -0.2) is 32.4 Å². The number of nitrogens with one attached hydrogen (secondary N) is 3. The first-order valence-electron chi connectivity index (χ1n) is 6.80. The lowest BCUT2D eigenvalue weighted by atomic mass is 10.0. The van der Waals surface area contributed by atoms with Crippen LogP contribution in [0.4, 0.5) is 5.69 Å². The topological polar surface area (TPSA) is 96.5 Å². The maximum atomic E-state index is 12.5. The number of carbonyl (C=O) groups is 1. The van der Waals surface area contributed by atoms with Gasteiger partial charge in [0.1, 0.15) is 5.92 Å². The van der Waals surface area contributed by atoms with Crippen LogP contribution in [0.3, 0.4) is 0 Å². The molecule has 1 aliphatic heterocycles. The molecule has 7 nitrogen and oxygen atoms in total. The minimum Gasteiger partial charge on any atom is -0.466 e. The fourth-order valence-corrected chi connectivity index (χ4v) is 4.05. The van der Waals surface area contributed by atoms with Gasteiger partial charge in [0.25, 0.3) is 10.0 Å². The molecule has 0 radical (unpaired) electrons. The number of esters is 1. The molecule has 3 N–H and O–H groups in total. The Kier molecular flexibility index (Phi) is 5.43. The molecule has 3 unspecified atom stereocenters. The Morgan fingerprint density at radius 3 is 2.55 bits per heavy atom. The number of halogens is 1. The molecule has 0 spiro atoms. The number of hydrogen-bond acceptors (Lipinski definition) is 6. The molecule has 122 valence electrons. The highest BCUT2D eigenvalue weighted by molar-refractivity contribution is 9.10. The van der Waals surface area contributed by atoms with E-state index in [4.69, 9.17) is 4.74 Å². The van der Waals surface area contributed by atoms with Crippen molar-refractivity contribution >= 4 is 37.6 Å². The van der Waals surface area contributed by atoms with Crippen molar-refractivity contribution in [2.75, 3.05) is 11.3 Å². The van der Waals surface area contributed by atoms with Crippen LogP contribution >= 0.6 is 15.9 Å². The molecule has 1 fully saturated rings. The van der Waals surface area contributed by atoms with Crippen LogP contribution in [-0.2, 0) is 19.6 Å². The smallest absolute Gasteiger partial charge is 0.313 e. The van der Waals surface area contributed by atoms with Crippen molar-refractivity contribution in [1.82, 2.24) is 10.9 Å². The predicted octanol–water partition coefficient (Wildman–Crippen LogP) is 1.19. The van der Waals surface area contributed by atoms with Crippen molar-refractivity contribution in [1.29, 1.82) is 0 Å². The number of anilines is 1. The van der Waals surface area contributed by atoms with Crippen molar-refractivity contribution in [3.63, 3.8) is 0 Å². The van der Waals surface area contributed by atoms with Crippen LogP contribution in [0.15, 0.2) is 28.7 Å². The minimum absolute atomic E-state index is 0.203. The zero-order valence-electron chi connectivity index (χ0n) is 12.2. The molecule has 1 aliphatic rings. The first kappa shape index (κ1) is 17.2. The summed E-state index contributed by atoms with van der Waals surface area (Å²) < 4.78 is 33.3. The van der Waals surface area contributed by atoms with Gasteiger partial charge in [-0.05, 0) is 38.1 Å². The lowest BCUT2D eigenvalue weighted by Crippen LogP contribution is -2.44. The number of benzene rings is 1. The van der Waals surface area contributed by atoms with Gasteiger partial charge in [-0.15, -0.1) is 0 Å². The average molecular weight is 392 g/mol. The number of carbonyl (C=O) groups excluding carboxylic acids is 1. The highest BCUT2D eigenvalue weighted by Crippen LogP contribution is 2.23. The van der Waals surface area contributed by atoms with E-state index >= 15 is 0 Å². The van der Waals surface area contributed by atoms with Gasteiger partial charge < -0.3 is 4.74 Å². The predicted molar refractivity (Wildman–Crippen MR) is 86.3 cm³/mol. The number of sulfonamides is 1. The van der Waals surface area contributed by atoms with E-state index in [-0.39, 0.29) is 12.6 Å². The van der Waals surface area contributed by atoms with Gasteiger partial charge in [-0.2, -0.15) is 0 Å². The zero-order chi connectivity index (χ0) is 16.3. The summed E-state index contributed by atoms with van der Waals surface area (Å²) in [5.74, 6) is -1.37. The quantitative estimate of drug-likeness (QED) is 0.652. The maximum absolute atomic E-state index is 12.5.